The molecule has 0 radical (unpaired) electrons. The third-order valence-electron chi connectivity index (χ3n) is 3.36. The van der Waals surface area contributed by atoms with Crippen LogP contribution in [0.4, 0.5) is 0 Å². The minimum Gasteiger partial charge on any atom is -0.343 e. The fraction of sp³-hybridized carbons (Fsp3) is 0.571. The van der Waals surface area contributed by atoms with Crippen molar-refractivity contribution in [3.8, 4) is 0 Å². The van der Waals surface area contributed by atoms with Gasteiger partial charge in [0.25, 0.3) is 0 Å². The van der Waals surface area contributed by atoms with Gasteiger partial charge in [-0.15, -0.1) is 11.3 Å². The second-order valence-electron chi connectivity index (χ2n) is 5.41. The van der Waals surface area contributed by atoms with E-state index in [0.717, 1.165) is 4.88 Å². The number of hydrogen-bond donors (Lipinski definition) is 1. The summed E-state index contributed by atoms with van der Waals surface area (Å²) in [6, 6.07) is 3.20. The van der Waals surface area contributed by atoms with Crippen molar-refractivity contribution in [2.24, 2.45) is 5.92 Å². The average Bonchev–Trinajstić information content (AvgIpc) is 2.84. The molecule has 0 saturated carbocycles. The maximum atomic E-state index is 12.5. The molecule has 19 heavy (non-hydrogen) atoms. The Morgan fingerprint density at radius 1 is 1.42 bits per heavy atom. The molecular weight excluding hydrogens is 260 g/mol. The Hall–Kier alpha value is -1.36. The molecular formula is C14H20N2O2S. The van der Waals surface area contributed by atoms with E-state index in [-0.39, 0.29) is 17.9 Å². The number of carbonyl (C=O) groups excluding carboxylic acids is 2. The minimum absolute atomic E-state index is 0.0363. The van der Waals surface area contributed by atoms with Crippen LogP contribution in [0.2, 0.25) is 0 Å². The summed E-state index contributed by atoms with van der Waals surface area (Å²) in [5.74, 6) is 0.363. The normalized spacial score (nSPS) is 23.9. The minimum atomic E-state index is -0.391. The highest BCUT2D eigenvalue weighted by Gasteiger charge is 2.38. The van der Waals surface area contributed by atoms with Crippen LogP contribution in [-0.2, 0) is 16.1 Å². The number of thiophene rings is 1. The molecule has 0 aliphatic carbocycles. The number of amides is 2. The molecule has 0 bridgehead atoms. The number of nitrogens with one attached hydrogen (secondary N) is 1. The first-order valence-corrected chi connectivity index (χ1v) is 7.50. The molecule has 5 heteroatoms. The summed E-state index contributed by atoms with van der Waals surface area (Å²) in [6.07, 6.45) is 0.693. The fourth-order valence-corrected chi connectivity index (χ4v) is 3.01. The van der Waals surface area contributed by atoms with Gasteiger partial charge in [0.1, 0.15) is 12.1 Å². The van der Waals surface area contributed by atoms with Crippen LogP contribution >= 0.6 is 11.3 Å². The lowest BCUT2D eigenvalue weighted by Crippen LogP contribution is -2.62. The number of hydrogen-bond acceptors (Lipinski definition) is 3. The second kappa shape index (κ2) is 5.74. The summed E-state index contributed by atoms with van der Waals surface area (Å²) >= 11 is 1.61. The quantitative estimate of drug-likeness (QED) is 0.917. The molecule has 4 nitrogen and oxygen atoms in total. The monoisotopic (exact) mass is 280 g/mol. The molecule has 2 rings (SSSR count). The molecule has 1 N–H and O–H groups in total. The summed E-state index contributed by atoms with van der Waals surface area (Å²) in [4.78, 5) is 27.2. The van der Waals surface area contributed by atoms with Gasteiger partial charge in [-0.3, -0.25) is 9.59 Å². The zero-order chi connectivity index (χ0) is 14.0. The van der Waals surface area contributed by atoms with Crippen LogP contribution in [0.25, 0.3) is 0 Å². The van der Waals surface area contributed by atoms with E-state index in [2.05, 4.69) is 19.2 Å². The molecule has 1 aliphatic rings. The first-order chi connectivity index (χ1) is 8.99. The van der Waals surface area contributed by atoms with Crippen LogP contribution < -0.4 is 5.32 Å². The van der Waals surface area contributed by atoms with Gasteiger partial charge in [0, 0.05) is 4.88 Å². The van der Waals surface area contributed by atoms with Crippen LogP contribution in [0.5, 0.6) is 0 Å². The lowest BCUT2D eigenvalue weighted by atomic mass is 9.99. The lowest BCUT2D eigenvalue weighted by Gasteiger charge is -2.37. The standard InChI is InChI=1S/C14H20N2O2S/c1-9(2)7-12-14(18)16(10(3)13(17)15-12)8-11-5-4-6-19-11/h4-6,9-10,12H,7-8H2,1-3H3,(H,15,17). The average molecular weight is 280 g/mol. The van der Waals surface area contributed by atoms with E-state index in [9.17, 15) is 9.59 Å². The Bertz CT molecular complexity index is 456. The Morgan fingerprint density at radius 3 is 2.74 bits per heavy atom. The van der Waals surface area contributed by atoms with Crippen molar-refractivity contribution in [1.29, 1.82) is 0 Å². The number of nitrogens with zero attached hydrogens (tertiary/aromatic N) is 1. The summed E-state index contributed by atoms with van der Waals surface area (Å²) in [7, 11) is 0. The van der Waals surface area contributed by atoms with Crippen molar-refractivity contribution in [3.05, 3.63) is 22.4 Å². The van der Waals surface area contributed by atoms with E-state index in [1.165, 1.54) is 0 Å². The van der Waals surface area contributed by atoms with Gasteiger partial charge in [0.2, 0.25) is 11.8 Å². The van der Waals surface area contributed by atoms with Gasteiger partial charge < -0.3 is 10.2 Å². The third kappa shape index (κ3) is 3.15. The van der Waals surface area contributed by atoms with Gasteiger partial charge in [0.05, 0.1) is 6.54 Å². The SMILES string of the molecule is CC(C)CC1NC(=O)C(C)N(Cc2cccs2)C1=O. The topological polar surface area (TPSA) is 49.4 Å². The molecule has 104 valence electrons. The van der Waals surface area contributed by atoms with Gasteiger partial charge in [-0.2, -0.15) is 0 Å². The smallest absolute Gasteiger partial charge is 0.246 e. The second-order valence-corrected chi connectivity index (χ2v) is 6.44. The molecule has 1 aromatic heterocycles. The van der Waals surface area contributed by atoms with Crippen molar-refractivity contribution < 1.29 is 9.59 Å². The summed E-state index contributed by atoms with van der Waals surface area (Å²) in [5, 5.41) is 4.82. The van der Waals surface area contributed by atoms with E-state index >= 15 is 0 Å². The van der Waals surface area contributed by atoms with Crippen molar-refractivity contribution in [2.45, 2.75) is 45.8 Å². The fourth-order valence-electron chi connectivity index (χ4n) is 2.30. The number of rotatable bonds is 4. The molecule has 1 aliphatic heterocycles. The van der Waals surface area contributed by atoms with Gasteiger partial charge >= 0.3 is 0 Å². The van der Waals surface area contributed by atoms with Crippen molar-refractivity contribution >= 4 is 23.2 Å². The highest BCUT2D eigenvalue weighted by molar-refractivity contribution is 7.09. The Morgan fingerprint density at radius 2 is 2.16 bits per heavy atom. The van der Waals surface area contributed by atoms with E-state index in [1.807, 2.05) is 17.5 Å². The third-order valence-corrected chi connectivity index (χ3v) is 4.22. The molecule has 1 aromatic rings. The molecule has 1 saturated heterocycles. The Labute approximate surface area is 117 Å². The summed E-state index contributed by atoms with van der Waals surface area (Å²) < 4.78 is 0. The highest BCUT2D eigenvalue weighted by Crippen LogP contribution is 2.20. The summed E-state index contributed by atoms with van der Waals surface area (Å²) in [5.41, 5.74) is 0. The molecule has 0 spiro atoms. The molecule has 2 atom stereocenters. The molecule has 2 amide bonds. The molecule has 0 aromatic carbocycles. The van der Waals surface area contributed by atoms with Crippen LogP contribution in [-0.4, -0.2) is 28.8 Å². The van der Waals surface area contributed by atoms with Crippen molar-refractivity contribution in [1.82, 2.24) is 10.2 Å². The Kier molecular flexibility index (Phi) is 4.24. The number of carbonyl (C=O) groups is 2. The molecule has 2 unspecified atom stereocenters. The van der Waals surface area contributed by atoms with E-state index in [4.69, 9.17) is 0 Å². The molecule has 1 fully saturated rings. The van der Waals surface area contributed by atoms with Gasteiger partial charge in [-0.1, -0.05) is 19.9 Å². The lowest BCUT2D eigenvalue weighted by molar-refractivity contribution is -0.149. The highest BCUT2D eigenvalue weighted by atomic mass is 32.1. The van der Waals surface area contributed by atoms with Gasteiger partial charge in [-0.05, 0) is 30.7 Å². The van der Waals surface area contributed by atoms with E-state index in [1.54, 1.807) is 23.2 Å². The van der Waals surface area contributed by atoms with Gasteiger partial charge in [0.15, 0.2) is 0 Å². The van der Waals surface area contributed by atoms with Crippen molar-refractivity contribution in [2.75, 3.05) is 0 Å². The van der Waals surface area contributed by atoms with E-state index < -0.39 is 6.04 Å². The predicted octanol–water partition coefficient (Wildman–Crippen LogP) is 2.01. The van der Waals surface area contributed by atoms with E-state index in [0.29, 0.717) is 18.9 Å². The first-order valence-electron chi connectivity index (χ1n) is 6.62. The summed E-state index contributed by atoms with van der Waals surface area (Å²) in [6.45, 7) is 6.42. The van der Waals surface area contributed by atoms with Gasteiger partial charge in [-0.25, -0.2) is 0 Å². The predicted molar refractivity (Wildman–Crippen MR) is 75.7 cm³/mol. The zero-order valence-electron chi connectivity index (χ0n) is 11.6. The van der Waals surface area contributed by atoms with Crippen LogP contribution in [0.3, 0.4) is 0 Å². The van der Waals surface area contributed by atoms with Crippen LogP contribution in [0, 0.1) is 5.92 Å². The van der Waals surface area contributed by atoms with Crippen LogP contribution in [0.15, 0.2) is 17.5 Å². The first kappa shape index (κ1) is 14.1. The maximum Gasteiger partial charge on any atom is 0.246 e. The largest absolute Gasteiger partial charge is 0.343 e. The van der Waals surface area contributed by atoms with Crippen molar-refractivity contribution in [3.63, 3.8) is 0 Å². The maximum absolute atomic E-state index is 12.5. The zero-order valence-corrected chi connectivity index (χ0v) is 12.4. The molecule has 2 heterocycles. The number of piperazine rings is 1. The Balaban J connectivity index is 2.14. The van der Waals surface area contributed by atoms with Crippen LogP contribution in [0.1, 0.15) is 32.1 Å².